The van der Waals surface area contributed by atoms with Crippen LogP contribution in [0.3, 0.4) is 0 Å². The lowest BCUT2D eigenvalue weighted by Gasteiger charge is -1.94. The van der Waals surface area contributed by atoms with Gasteiger partial charge in [-0.05, 0) is 0 Å². The van der Waals surface area contributed by atoms with Crippen LogP contribution in [0.15, 0.2) is 17.0 Å². The molecule has 0 aliphatic carbocycles. The largest absolute Gasteiger partial charge is 0.337 e. The maximum atomic E-state index is 10.4. The van der Waals surface area contributed by atoms with Crippen LogP contribution < -0.4 is 0 Å². The molecule has 0 unspecified atom stereocenters. The molecule has 6 nitrogen and oxygen atoms in total. The SMILES string of the molecule is CC(C)c1noc(Cn2cnc(C=O)c2)n1. The summed E-state index contributed by atoms with van der Waals surface area (Å²) in [7, 11) is 0. The Morgan fingerprint density at radius 3 is 2.94 bits per heavy atom. The summed E-state index contributed by atoms with van der Waals surface area (Å²) in [5.74, 6) is 1.44. The van der Waals surface area contributed by atoms with Crippen molar-refractivity contribution in [2.75, 3.05) is 0 Å². The van der Waals surface area contributed by atoms with E-state index in [1.54, 1.807) is 17.1 Å². The zero-order valence-electron chi connectivity index (χ0n) is 9.12. The van der Waals surface area contributed by atoms with Crippen LogP contribution >= 0.6 is 0 Å². The molecule has 2 aromatic rings. The van der Waals surface area contributed by atoms with Gasteiger partial charge in [0.15, 0.2) is 12.1 Å². The summed E-state index contributed by atoms with van der Waals surface area (Å²) in [5, 5.41) is 3.85. The Bertz CT molecular complexity index is 486. The fraction of sp³-hybridized carbons (Fsp3) is 0.400. The predicted molar refractivity (Wildman–Crippen MR) is 55.1 cm³/mol. The van der Waals surface area contributed by atoms with E-state index in [1.807, 2.05) is 13.8 Å². The van der Waals surface area contributed by atoms with Gasteiger partial charge in [-0.2, -0.15) is 4.98 Å². The Hall–Kier alpha value is -1.98. The first kappa shape index (κ1) is 10.5. The number of hydrogen-bond donors (Lipinski definition) is 0. The molecule has 2 aromatic heterocycles. The number of aldehydes is 1. The van der Waals surface area contributed by atoms with Gasteiger partial charge in [0.2, 0.25) is 5.89 Å². The second kappa shape index (κ2) is 4.26. The lowest BCUT2D eigenvalue weighted by atomic mass is 10.2. The van der Waals surface area contributed by atoms with Crippen molar-refractivity contribution in [1.29, 1.82) is 0 Å². The van der Waals surface area contributed by atoms with Gasteiger partial charge in [0.05, 0.1) is 6.33 Å². The summed E-state index contributed by atoms with van der Waals surface area (Å²) >= 11 is 0. The first-order valence-corrected chi connectivity index (χ1v) is 4.98. The highest BCUT2D eigenvalue weighted by Gasteiger charge is 2.10. The third kappa shape index (κ3) is 2.16. The third-order valence-electron chi connectivity index (χ3n) is 2.09. The second-order valence-corrected chi connectivity index (χ2v) is 3.79. The molecule has 0 saturated carbocycles. The van der Waals surface area contributed by atoms with Crippen molar-refractivity contribution >= 4 is 6.29 Å². The minimum atomic E-state index is 0.242. The van der Waals surface area contributed by atoms with Gasteiger partial charge in [0, 0.05) is 12.1 Å². The number of aromatic nitrogens is 4. The molecule has 0 aliphatic heterocycles. The van der Waals surface area contributed by atoms with E-state index in [1.165, 1.54) is 0 Å². The molecule has 16 heavy (non-hydrogen) atoms. The van der Waals surface area contributed by atoms with Gasteiger partial charge in [-0.3, -0.25) is 4.79 Å². The molecule has 6 heteroatoms. The monoisotopic (exact) mass is 220 g/mol. The van der Waals surface area contributed by atoms with Crippen LogP contribution in [0.25, 0.3) is 0 Å². The highest BCUT2D eigenvalue weighted by molar-refractivity contribution is 5.70. The van der Waals surface area contributed by atoms with Crippen LogP contribution in [0.2, 0.25) is 0 Å². The Balaban J connectivity index is 2.11. The molecule has 0 fully saturated rings. The van der Waals surface area contributed by atoms with Crippen molar-refractivity contribution in [3.63, 3.8) is 0 Å². The van der Waals surface area contributed by atoms with Crippen molar-refractivity contribution in [2.24, 2.45) is 0 Å². The van der Waals surface area contributed by atoms with Gasteiger partial charge in [0.25, 0.3) is 0 Å². The summed E-state index contributed by atoms with van der Waals surface area (Å²) in [6.07, 6.45) is 3.89. The Labute approximate surface area is 92.3 Å². The molecule has 0 amide bonds. The van der Waals surface area contributed by atoms with E-state index in [-0.39, 0.29) is 5.92 Å². The number of imidazole rings is 1. The van der Waals surface area contributed by atoms with Gasteiger partial charge in [-0.25, -0.2) is 4.98 Å². The summed E-state index contributed by atoms with van der Waals surface area (Å²) in [5.41, 5.74) is 0.392. The number of nitrogens with zero attached hydrogens (tertiary/aromatic N) is 4. The van der Waals surface area contributed by atoms with E-state index < -0.39 is 0 Å². The summed E-state index contributed by atoms with van der Waals surface area (Å²) in [6.45, 7) is 4.42. The van der Waals surface area contributed by atoms with Crippen LogP contribution in [0, 0.1) is 0 Å². The lowest BCUT2D eigenvalue weighted by molar-refractivity contribution is 0.111. The second-order valence-electron chi connectivity index (χ2n) is 3.79. The number of rotatable bonds is 4. The normalized spacial score (nSPS) is 10.9. The average Bonchev–Trinajstić information content (AvgIpc) is 2.87. The Morgan fingerprint density at radius 1 is 1.56 bits per heavy atom. The van der Waals surface area contributed by atoms with Gasteiger partial charge < -0.3 is 9.09 Å². The third-order valence-corrected chi connectivity index (χ3v) is 2.09. The van der Waals surface area contributed by atoms with Crippen molar-refractivity contribution < 1.29 is 9.32 Å². The van der Waals surface area contributed by atoms with E-state index in [0.717, 1.165) is 0 Å². The zero-order valence-corrected chi connectivity index (χ0v) is 9.12. The highest BCUT2D eigenvalue weighted by Crippen LogP contribution is 2.10. The molecule has 0 spiro atoms. The van der Waals surface area contributed by atoms with Crippen LogP contribution in [0.5, 0.6) is 0 Å². The van der Waals surface area contributed by atoms with Crippen molar-refractivity contribution in [3.8, 4) is 0 Å². The minimum Gasteiger partial charge on any atom is -0.337 e. The summed E-state index contributed by atoms with van der Waals surface area (Å²) < 4.78 is 6.80. The Morgan fingerprint density at radius 2 is 2.38 bits per heavy atom. The van der Waals surface area contributed by atoms with Crippen LogP contribution in [0.4, 0.5) is 0 Å². The molecule has 0 N–H and O–H groups in total. The van der Waals surface area contributed by atoms with Crippen LogP contribution in [-0.2, 0) is 6.54 Å². The molecule has 2 rings (SSSR count). The molecule has 0 radical (unpaired) electrons. The van der Waals surface area contributed by atoms with Crippen LogP contribution in [-0.4, -0.2) is 26.0 Å². The van der Waals surface area contributed by atoms with E-state index in [9.17, 15) is 4.79 Å². The summed E-state index contributed by atoms with van der Waals surface area (Å²) in [6, 6.07) is 0. The predicted octanol–water partition coefficient (Wildman–Crippen LogP) is 1.25. The minimum absolute atomic E-state index is 0.242. The number of carbonyl (C=O) groups is 1. The molecule has 2 heterocycles. The van der Waals surface area contributed by atoms with Crippen molar-refractivity contribution in [2.45, 2.75) is 26.3 Å². The fourth-order valence-corrected chi connectivity index (χ4v) is 1.25. The van der Waals surface area contributed by atoms with Gasteiger partial charge in [-0.1, -0.05) is 19.0 Å². The number of hydrogen-bond acceptors (Lipinski definition) is 5. The van der Waals surface area contributed by atoms with Gasteiger partial charge in [-0.15, -0.1) is 0 Å². The van der Waals surface area contributed by atoms with Crippen LogP contribution in [0.1, 0.15) is 42.0 Å². The van der Waals surface area contributed by atoms with E-state index in [2.05, 4.69) is 15.1 Å². The standard InChI is InChI=1S/C10H12N4O2/c1-7(2)10-12-9(16-13-10)4-14-3-8(5-15)11-6-14/h3,5-7H,4H2,1-2H3. The van der Waals surface area contributed by atoms with Gasteiger partial charge in [0.1, 0.15) is 12.2 Å². The molecule has 0 atom stereocenters. The van der Waals surface area contributed by atoms with E-state index >= 15 is 0 Å². The topological polar surface area (TPSA) is 73.8 Å². The fourth-order valence-electron chi connectivity index (χ4n) is 1.25. The first-order valence-electron chi connectivity index (χ1n) is 4.98. The van der Waals surface area contributed by atoms with Crippen molar-refractivity contribution in [1.82, 2.24) is 19.7 Å². The quantitative estimate of drug-likeness (QED) is 0.725. The Kier molecular flexibility index (Phi) is 2.80. The summed E-state index contributed by atoms with van der Waals surface area (Å²) in [4.78, 5) is 18.5. The average molecular weight is 220 g/mol. The molecule has 0 aliphatic rings. The van der Waals surface area contributed by atoms with E-state index in [0.29, 0.717) is 30.2 Å². The molecule has 84 valence electrons. The molecule has 0 saturated heterocycles. The maximum Gasteiger partial charge on any atom is 0.246 e. The smallest absolute Gasteiger partial charge is 0.246 e. The van der Waals surface area contributed by atoms with E-state index in [4.69, 9.17) is 4.52 Å². The molecular weight excluding hydrogens is 208 g/mol. The van der Waals surface area contributed by atoms with Crippen molar-refractivity contribution in [3.05, 3.63) is 29.9 Å². The number of carbonyl (C=O) groups excluding carboxylic acids is 1. The highest BCUT2D eigenvalue weighted by atomic mass is 16.5. The zero-order chi connectivity index (χ0) is 11.5. The maximum absolute atomic E-state index is 10.4. The molecule has 0 bridgehead atoms. The first-order chi connectivity index (χ1) is 7.69. The molecule has 0 aromatic carbocycles. The van der Waals surface area contributed by atoms with Gasteiger partial charge >= 0.3 is 0 Å². The molecular formula is C10H12N4O2. The lowest BCUT2D eigenvalue weighted by Crippen LogP contribution is -1.97.